The van der Waals surface area contributed by atoms with Gasteiger partial charge in [-0.3, -0.25) is 4.79 Å². The van der Waals surface area contributed by atoms with Crippen molar-refractivity contribution >= 4 is 11.8 Å². The van der Waals surface area contributed by atoms with Crippen LogP contribution in [0.3, 0.4) is 0 Å². The van der Waals surface area contributed by atoms with Crippen LogP contribution in [0.25, 0.3) is 0 Å². The Balaban J connectivity index is 0.000000333. The van der Waals surface area contributed by atoms with E-state index in [2.05, 4.69) is 20.8 Å². The van der Waals surface area contributed by atoms with Gasteiger partial charge in [0.2, 0.25) is 0 Å². The average molecular weight is 357 g/mol. The number of carboxylic acid groups (broad SMARTS) is 1. The summed E-state index contributed by atoms with van der Waals surface area (Å²) in [7, 11) is 0. The molecule has 0 radical (unpaired) electrons. The van der Waals surface area contributed by atoms with Gasteiger partial charge in [0.25, 0.3) is 0 Å². The highest BCUT2D eigenvalue weighted by molar-refractivity contribution is 5.80. The van der Waals surface area contributed by atoms with Crippen molar-refractivity contribution in [2.24, 2.45) is 29.6 Å². The maximum atomic E-state index is 10.1. The topological polar surface area (TPSA) is 83.8 Å². The van der Waals surface area contributed by atoms with Gasteiger partial charge in [-0.15, -0.1) is 0 Å². The largest absolute Gasteiger partial charge is 0.481 e. The number of hydrogen-bond acceptors (Lipinski definition) is 4. The molecule has 4 unspecified atom stereocenters. The van der Waals surface area contributed by atoms with Crippen LogP contribution < -0.4 is 0 Å². The highest BCUT2D eigenvalue weighted by Gasteiger charge is 2.40. The molecule has 0 spiro atoms. The highest BCUT2D eigenvalue weighted by atomic mass is 16.5. The van der Waals surface area contributed by atoms with Gasteiger partial charge in [0.1, 0.15) is 5.78 Å². The minimum Gasteiger partial charge on any atom is -0.481 e. The summed E-state index contributed by atoms with van der Waals surface area (Å²) in [6.45, 7) is 9.44. The van der Waals surface area contributed by atoms with Crippen molar-refractivity contribution in [3.05, 3.63) is 0 Å². The summed E-state index contributed by atoms with van der Waals surface area (Å²) in [6, 6.07) is 0. The summed E-state index contributed by atoms with van der Waals surface area (Å²) in [4.78, 5) is 19.8. The minimum absolute atomic E-state index is 0.0463. The first-order valence-electron chi connectivity index (χ1n) is 9.69. The average Bonchev–Trinajstić information content (AvgIpc) is 2.76. The predicted octanol–water partition coefficient (Wildman–Crippen LogP) is 3.53. The van der Waals surface area contributed by atoms with Gasteiger partial charge in [0, 0.05) is 13.0 Å². The van der Waals surface area contributed by atoms with Crippen molar-refractivity contribution in [2.45, 2.75) is 72.3 Å². The van der Waals surface area contributed by atoms with Crippen molar-refractivity contribution in [1.29, 1.82) is 0 Å². The fourth-order valence-electron chi connectivity index (χ4n) is 4.28. The van der Waals surface area contributed by atoms with Gasteiger partial charge in [0.15, 0.2) is 0 Å². The van der Waals surface area contributed by atoms with Crippen molar-refractivity contribution in [3.63, 3.8) is 0 Å². The predicted molar refractivity (Wildman–Crippen MR) is 97.3 cm³/mol. The molecule has 1 saturated carbocycles. The van der Waals surface area contributed by atoms with Crippen molar-refractivity contribution < 1.29 is 24.5 Å². The van der Waals surface area contributed by atoms with E-state index in [-0.39, 0.29) is 18.6 Å². The third kappa shape index (κ3) is 7.45. The van der Waals surface area contributed by atoms with E-state index in [1.807, 2.05) is 0 Å². The summed E-state index contributed by atoms with van der Waals surface area (Å²) < 4.78 is 5.96. The number of rotatable bonds is 5. The van der Waals surface area contributed by atoms with Crippen molar-refractivity contribution in [2.75, 3.05) is 13.2 Å². The Morgan fingerprint density at radius 1 is 1.08 bits per heavy atom. The second kappa shape index (κ2) is 10.9. The summed E-state index contributed by atoms with van der Waals surface area (Å²) in [5.74, 6) is 2.47. The van der Waals surface area contributed by atoms with Gasteiger partial charge in [-0.1, -0.05) is 20.3 Å². The van der Waals surface area contributed by atoms with Crippen LogP contribution in [0.4, 0.5) is 0 Å². The van der Waals surface area contributed by atoms with Crippen LogP contribution >= 0.6 is 0 Å². The zero-order chi connectivity index (χ0) is 19.0. The fourth-order valence-corrected chi connectivity index (χ4v) is 4.28. The first kappa shape index (κ1) is 22.1. The zero-order valence-electron chi connectivity index (χ0n) is 16.2. The van der Waals surface area contributed by atoms with Crippen LogP contribution in [0.5, 0.6) is 0 Å². The Morgan fingerprint density at radius 2 is 1.76 bits per heavy atom. The normalized spacial score (nSPS) is 33.2. The van der Waals surface area contributed by atoms with E-state index in [9.17, 15) is 14.7 Å². The molecule has 146 valence electrons. The Labute approximate surface area is 152 Å². The number of ketones is 1. The SMILES string of the molecule is CC(=O)CCC(=O)O.CC1CCC2C(CO1)[C@H](C(C)CO)CC[C@H]2C. The maximum Gasteiger partial charge on any atom is 0.303 e. The van der Waals surface area contributed by atoms with E-state index in [0.29, 0.717) is 30.5 Å². The maximum absolute atomic E-state index is 10.1. The molecule has 25 heavy (non-hydrogen) atoms. The van der Waals surface area contributed by atoms with E-state index in [0.717, 1.165) is 18.4 Å². The van der Waals surface area contributed by atoms with Crippen molar-refractivity contribution in [3.8, 4) is 0 Å². The molecular formula is C20H36O5. The molecule has 0 aromatic heterocycles. The molecule has 0 aromatic carbocycles. The number of carbonyl (C=O) groups excluding carboxylic acids is 1. The number of hydrogen-bond donors (Lipinski definition) is 2. The van der Waals surface area contributed by atoms with E-state index in [1.54, 1.807) is 0 Å². The molecule has 1 aliphatic carbocycles. The third-order valence-electron chi connectivity index (χ3n) is 5.98. The van der Waals surface area contributed by atoms with Gasteiger partial charge in [-0.2, -0.15) is 0 Å². The molecule has 1 saturated heterocycles. The van der Waals surface area contributed by atoms with Crippen LogP contribution in [0.15, 0.2) is 0 Å². The summed E-state index contributed by atoms with van der Waals surface area (Å²) in [6.07, 6.45) is 5.68. The second-order valence-electron chi connectivity index (χ2n) is 8.02. The Kier molecular flexibility index (Phi) is 9.65. The summed E-state index contributed by atoms with van der Waals surface area (Å²) in [5.41, 5.74) is 0. The molecule has 2 rings (SSSR count). The Hall–Kier alpha value is -0.940. The highest BCUT2D eigenvalue weighted by Crippen LogP contribution is 2.45. The van der Waals surface area contributed by atoms with Gasteiger partial charge in [-0.25, -0.2) is 0 Å². The van der Waals surface area contributed by atoms with Gasteiger partial charge in [-0.05, 0) is 62.7 Å². The van der Waals surface area contributed by atoms with Crippen LogP contribution in [-0.2, 0) is 14.3 Å². The van der Waals surface area contributed by atoms with Gasteiger partial charge >= 0.3 is 5.97 Å². The first-order valence-corrected chi connectivity index (χ1v) is 9.69. The molecule has 2 fully saturated rings. The van der Waals surface area contributed by atoms with Crippen LogP contribution in [0.1, 0.15) is 66.2 Å². The molecule has 2 aliphatic rings. The number of carboxylic acids is 1. The molecule has 0 amide bonds. The lowest BCUT2D eigenvalue weighted by Gasteiger charge is -2.43. The first-order chi connectivity index (χ1) is 11.8. The molecule has 0 bridgehead atoms. The number of Topliss-reactive ketones (excluding diaryl/α,β-unsaturated/α-hetero) is 1. The van der Waals surface area contributed by atoms with E-state index in [1.165, 1.54) is 32.6 Å². The molecule has 0 aromatic rings. The van der Waals surface area contributed by atoms with E-state index in [4.69, 9.17) is 9.84 Å². The van der Waals surface area contributed by atoms with Crippen LogP contribution in [-0.4, -0.2) is 41.3 Å². The van der Waals surface area contributed by atoms with Crippen molar-refractivity contribution in [1.82, 2.24) is 0 Å². The molecule has 2 N–H and O–H groups in total. The number of ether oxygens (including phenoxy) is 1. The number of aliphatic carboxylic acids is 1. The standard InChI is InChI=1S/C15H28O2.C5H8O3/c1-10-4-6-14(11(2)8-16)15-9-17-12(3)5-7-13(10)15;1-4(6)2-3-5(7)8/h10-16H,4-9H2,1-3H3;2-3H2,1H3,(H,7,8)/t10-,11?,12?,13?,14+,15?;/m1./s1. The third-order valence-corrected chi connectivity index (χ3v) is 5.98. The molecule has 1 heterocycles. The quantitative estimate of drug-likeness (QED) is 0.787. The summed E-state index contributed by atoms with van der Waals surface area (Å²) in [5, 5.41) is 17.4. The van der Waals surface area contributed by atoms with Crippen LogP contribution in [0, 0.1) is 29.6 Å². The monoisotopic (exact) mass is 356 g/mol. The van der Waals surface area contributed by atoms with E-state index >= 15 is 0 Å². The lowest BCUT2D eigenvalue weighted by atomic mass is 9.63. The molecule has 6 atom stereocenters. The second-order valence-corrected chi connectivity index (χ2v) is 8.02. The Morgan fingerprint density at radius 3 is 2.28 bits per heavy atom. The Bertz CT molecular complexity index is 402. The number of fused-ring (bicyclic) bond motifs is 1. The van der Waals surface area contributed by atoms with Gasteiger partial charge in [0.05, 0.1) is 19.1 Å². The molecule has 5 heteroatoms. The van der Waals surface area contributed by atoms with Gasteiger partial charge < -0.3 is 19.7 Å². The molecular weight excluding hydrogens is 320 g/mol. The lowest BCUT2D eigenvalue weighted by molar-refractivity contribution is -0.138. The lowest BCUT2D eigenvalue weighted by Crippen LogP contribution is -2.39. The number of carbonyl (C=O) groups is 2. The smallest absolute Gasteiger partial charge is 0.303 e. The number of aliphatic hydroxyl groups excluding tert-OH is 1. The molecule has 1 aliphatic heterocycles. The minimum atomic E-state index is -0.916. The zero-order valence-corrected chi connectivity index (χ0v) is 16.2. The number of aliphatic hydroxyl groups is 1. The summed E-state index contributed by atoms with van der Waals surface area (Å²) >= 11 is 0. The molecule has 5 nitrogen and oxygen atoms in total. The van der Waals surface area contributed by atoms with E-state index < -0.39 is 5.97 Å². The van der Waals surface area contributed by atoms with Crippen LogP contribution in [0.2, 0.25) is 0 Å². The fraction of sp³-hybridized carbons (Fsp3) is 0.900.